The Bertz CT molecular complexity index is 369. The molecule has 1 aromatic rings. The van der Waals surface area contributed by atoms with E-state index in [1.807, 2.05) is 30.3 Å². The van der Waals surface area contributed by atoms with Crippen molar-refractivity contribution in [2.45, 2.75) is 25.3 Å². The number of rotatable bonds is 8. The van der Waals surface area contributed by atoms with Crippen LogP contribution in [0, 0.1) is 0 Å². The van der Waals surface area contributed by atoms with Gasteiger partial charge < -0.3 is 11.1 Å². The van der Waals surface area contributed by atoms with Crippen LogP contribution in [0.15, 0.2) is 30.3 Å². The van der Waals surface area contributed by atoms with Gasteiger partial charge in [-0.1, -0.05) is 43.7 Å². The number of primary amides is 1. The fraction of sp³-hybridized carbons (Fsp3) is 0.500. The van der Waals surface area contributed by atoms with E-state index in [2.05, 4.69) is 12.2 Å². The molecule has 1 unspecified atom stereocenters. The van der Waals surface area contributed by atoms with Crippen LogP contribution in [0.1, 0.15) is 25.3 Å². The maximum atomic E-state index is 11.9. The predicted molar refractivity (Wildman–Crippen MR) is 78.6 cm³/mol. The van der Waals surface area contributed by atoms with E-state index in [0.29, 0.717) is 5.75 Å². The molecule has 4 heteroatoms. The highest BCUT2D eigenvalue weighted by atomic mass is 32.2. The van der Waals surface area contributed by atoms with Crippen molar-refractivity contribution < 1.29 is 4.79 Å². The predicted octanol–water partition coefficient (Wildman–Crippen LogP) is 2.12. The van der Waals surface area contributed by atoms with Crippen LogP contribution in [0.3, 0.4) is 0 Å². The van der Waals surface area contributed by atoms with E-state index in [9.17, 15) is 4.79 Å². The van der Waals surface area contributed by atoms with Gasteiger partial charge in [-0.05, 0) is 24.8 Å². The summed E-state index contributed by atoms with van der Waals surface area (Å²) in [7, 11) is 1.79. The zero-order valence-corrected chi connectivity index (χ0v) is 11.9. The normalized spacial score (nSPS) is 14.1. The van der Waals surface area contributed by atoms with Crippen LogP contribution in [-0.2, 0) is 10.3 Å². The molecule has 100 valence electrons. The summed E-state index contributed by atoms with van der Waals surface area (Å²) in [6, 6.07) is 9.70. The average Bonchev–Trinajstić information content (AvgIpc) is 2.40. The molecule has 0 aromatic heterocycles. The van der Waals surface area contributed by atoms with Crippen LogP contribution >= 0.6 is 11.8 Å². The Hall–Kier alpha value is -1.00. The van der Waals surface area contributed by atoms with Crippen molar-refractivity contribution in [1.82, 2.24) is 5.32 Å². The molecule has 1 aromatic carbocycles. The highest BCUT2D eigenvalue weighted by molar-refractivity contribution is 7.99. The molecule has 0 spiro atoms. The van der Waals surface area contributed by atoms with Gasteiger partial charge in [-0.25, -0.2) is 0 Å². The summed E-state index contributed by atoms with van der Waals surface area (Å²) in [5, 5.41) is 3.11. The second-order valence-electron chi connectivity index (χ2n) is 4.29. The van der Waals surface area contributed by atoms with Gasteiger partial charge in [-0.15, -0.1) is 0 Å². The van der Waals surface area contributed by atoms with E-state index in [-0.39, 0.29) is 5.91 Å². The molecule has 0 bridgehead atoms. The van der Waals surface area contributed by atoms with Gasteiger partial charge in [-0.3, -0.25) is 4.79 Å². The van der Waals surface area contributed by atoms with Gasteiger partial charge in [0.1, 0.15) is 5.54 Å². The molecular formula is C14H22N2OS. The molecular weight excluding hydrogens is 244 g/mol. The molecule has 0 saturated carbocycles. The summed E-state index contributed by atoms with van der Waals surface area (Å²) in [6.45, 7) is 2.16. The minimum absolute atomic E-state index is 0.319. The minimum Gasteiger partial charge on any atom is -0.368 e. The lowest BCUT2D eigenvalue weighted by Crippen LogP contribution is -2.53. The molecule has 1 rings (SSSR count). The summed E-state index contributed by atoms with van der Waals surface area (Å²) < 4.78 is 0. The number of hydrogen-bond acceptors (Lipinski definition) is 3. The number of hydrogen-bond donors (Lipinski definition) is 2. The largest absolute Gasteiger partial charge is 0.368 e. The van der Waals surface area contributed by atoms with E-state index in [1.165, 1.54) is 6.42 Å². The number of likely N-dealkylation sites (N-methyl/N-ethyl adjacent to an activating group) is 1. The van der Waals surface area contributed by atoms with Gasteiger partial charge in [0.15, 0.2) is 0 Å². The third kappa shape index (κ3) is 3.50. The monoisotopic (exact) mass is 266 g/mol. The van der Waals surface area contributed by atoms with Gasteiger partial charge in [0.25, 0.3) is 0 Å². The second kappa shape index (κ2) is 7.44. The summed E-state index contributed by atoms with van der Waals surface area (Å²) in [5.74, 6) is 1.41. The number of nitrogens with two attached hydrogens (primary N) is 1. The highest BCUT2D eigenvalue weighted by Crippen LogP contribution is 2.25. The standard InChI is InChI=1S/C14H22N2OS/c1-3-4-10-18-11-14(16-2,13(15)17)12-8-6-5-7-9-12/h5-9,16H,3-4,10-11H2,1-2H3,(H2,15,17). The van der Waals surface area contributed by atoms with Crippen molar-refractivity contribution in [1.29, 1.82) is 0 Å². The number of benzene rings is 1. The molecule has 0 aliphatic heterocycles. The molecule has 0 saturated heterocycles. The fourth-order valence-corrected chi connectivity index (χ4v) is 3.23. The second-order valence-corrected chi connectivity index (χ2v) is 5.40. The van der Waals surface area contributed by atoms with Crippen LogP contribution in [0.2, 0.25) is 0 Å². The summed E-state index contributed by atoms with van der Waals surface area (Å²) in [4.78, 5) is 11.9. The number of nitrogens with one attached hydrogen (secondary N) is 1. The van der Waals surface area contributed by atoms with Gasteiger partial charge in [0.2, 0.25) is 5.91 Å². The molecule has 1 atom stereocenters. The van der Waals surface area contributed by atoms with Gasteiger partial charge in [0, 0.05) is 5.75 Å². The molecule has 3 N–H and O–H groups in total. The Balaban J connectivity index is 2.85. The minimum atomic E-state index is -0.764. The Labute approximate surface area is 114 Å². The van der Waals surface area contributed by atoms with Crippen molar-refractivity contribution in [3.8, 4) is 0 Å². The third-order valence-electron chi connectivity index (χ3n) is 3.07. The summed E-state index contributed by atoms with van der Waals surface area (Å²) in [5.41, 5.74) is 5.78. The van der Waals surface area contributed by atoms with Crippen molar-refractivity contribution >= 4 is 17.7 Å². The average molecular weight is 266 g/mol. The van der Waals surface area contributed by atoms with Crippen molar-refractivity contribution in [3.63, 3.8) is 0 Å². The molecule has 0 fully saturated rings. The van der Waals surface area contributed by atoms with Crippen molar-refractivity contribution in [2.24, 2.45) is 5.73 Å². The number of unbranched alkanes of at least 4 members (excludes halogenated alkanes) is 1. The first-order valence-electron chi connectivity index (χ1n) is 6.29. The molecule has 0 radical (unpaired) electrons. The fourth-order valence-electron chi connectivity index (χ4n) is 1.83. The van der Waals surface area contributed by atoms with E-state index in [1.54, 1.807) is 18.8 Å². The quantitative estimate of drug-likeness (QED) is 0.709. The lowest BCUT2D eigenvalue weighted by atomic mass is 9.91. The first-order chi connectivity index (χ1) is 8.67. The smallest absolute Gasteiger partial charge is 0.243 e. The lowest BCUT2D eigenvalue weighted by Gasteiger charge is -2.30. The maximum Gasteiger partial charge on any atom is 0.243 e. The summed E-state index contributed by atoms with van der Waals surface area (Å²) >= 11 is 1.77. The lowest BCUT2D eigenvalue weighted by molar-refractivity contribution is -0.123. The molecule has 0 heterocycles. The zero-order valence-electron chi connectivity index (χ0n) is 11.1. The van der Waals surface area contributed by atoms with Gasteiger partial charge >= 0.3 is 0 Å². The van der Waals surface area contributed by atoms with Crippen LogP contribution < -0.4 is 11.1 Å². The Morgan fingerprint density at radius 3 is 2.56 bits per heavy atom. The van der Waals surface area contributed by atoms with Crippen LogP contribution in [0.25, 0.3) is 0 Å². The molecule has 1 amide bonds. The first kappa shape index (κ1) is 15.1. The van der Waals surface area contributed by atoms with Gasteiger partial charge in [-0.2, -0.15) is 11.8 Å². The molecule has 18 heavy (non-hydrogen) atoms. The molecule has 0 aliphatic rings. The third-order valence-corrected chi connectivity index (χ3v) is 4.29. The number of thioether (sulfide) groups is 1. The molecule has 3 nitrogen and oxygen atoms in total. The number of carbonyl (C=O) groups is 1. The van der Waals surface area contributed by atoms with Crippen LogP contribution in [0.4, 0.5) is 0 Å². The Kier molecular flexibility index (Phi) is 6.22. The highest BCUT2D eigenvalue weighted by Gasteiger charge is 2.36. The topological polar surface area (TPSA) is 55.1 Å². The maximum absolute atomic E-state index is 11.9. The molecule has 0 aliphatic carbocycles. The number of amides is 1. The Morgan fingerprint density at radius 1 is 1.39 bits per heavy atom. The summed E-state index contributed by atoms with van der Waals surface area (Å²) in [6.07, 6.45) is 2.33. The van der Waals surface area contributed by atoms with E-state index >= 15 is 0 Å². The van der Waals surface area contributed by atoms with Crippen molar-refractivity contribution in [2.75, 3.05) is 18.6 Å². The van der Waals surface area contributed by atoms with E-state index < -0.39 is 5.54 Å². The zero-order chi connectivity index (χ0) is 13.4. The van der Waals surface area contributed by atoms with Crippen LogP contribution in [0.5, 0.6) is 0 Å². The van der Waals surface area contributed by atoms with Crippen LogP contribution in [-0.4, -0.2) is 24.5 Å². The number of carbonyl (C=O) groups excluding carboxylic acids is 1. The van der Waals surface area contributed by atoms with E-state index in [4.69, 9.17) is 5.73 Å². The Morgan fingerprint density at radius 2 is 2.06 bits per heavy atom. The van der Waals surface area contributed by atoms with E-state index in [0.717, 1.165) is 17.7 Å². The van der Waals surface area contributed by atoms with Gasteiger partial charge in [0.05, 0.1) is 0 Å². The first-order valence-corrected chi connectivity index (χ1v) is 7.45. The SMILES string of the molecule is CCCCSCC(NC)(C(N)=O)c1ccccc1. The van der Waals surface area contributed by atoms with Crippen molar-refractivity contribution in [3.05, 3.63) is 35.9 Å².